The lowest BCUT2D eigenvalue weighted by atomic mass is 9.89. The molecule has 0 spiro atoms. The Morgan fingerprint density at radius 3 is 2.16 bits per heavy atom. The molecule has 1 N–H and O–H groups in total. The smallest absolute Gasteiger partial charge is 0.269 e. The van der Waals surface area contributed by atoms with Crippen molar-refractivity contribution in [2.75, 3.05) is 5.32 Å². The predicted octanol–water partition coefficient (Wildman–Crippen LogP) is 2.54. The maximum atomic E-state index is 11.7. The van der Waals surface area contributed by atoms with Crippen LogP contribution in [0.1, 0.15) is 27.2 Å². The normalized spacial score (nSPS) is 10.9. The minimum absolute atomic E-state index is 0.0521. The van der Waals surface area contributed by atoms with Gasteiger partial charge in [0.1, 0.15) is 5.78 Å². The van der Waals surface area contributed by atoms with Crippen molar-refractivity contribution in [3.63, 3.8) is 0 Å². The molecule has 0 saturated heterocycles. The van der Waals surface area contributed by atoms with Gasteiger partial charge in [0.25, 0.3) is 5.69 Å². The number of nitro groups is 1. The van der Waals surface area contributed by atoms with E-state index in [1.54, 1.807) is 20.8 Å². The number of carbonyl (C=O) groups is 2. The highest BCUT2D eigenvalue weighted by Gasteiger charge is 2.23. The number of nitro benzene ring substituents is 1. The van der Waals surface area contributed by atoms with E-state index in [0.717, 1.165) is 0 Å². The first kappa shape index (κ1) is 14.8. The lowest BCUT2D eigenvalue weighted by Gasteiger charge is -2.15. The summed E-state index contributed by atoms with van der Waals surface area (Å²) in [6, 6.07) is 5.44. The fourth-order valence-corrected chi connectivity index (χ4v) is 1.28. The van der Waals surface area contributed by atoms with E-state index in [0.29, 0.717) is 5.69 Å². The van der Waals surface area contributed by atoms with Crippen LogP contribution in [-0.4, -0.2) is 16.6 Å². The van der Waals surface area contributed by atoms with Gasteiger partial charge in [-0.25, -0.2) is 0 Å². The summed E-state index contributed by atoms with van der Waals surface area (Å²) in [6.45, 7) is 5.23. The molecule has 0 fully saturated rings. The number of nitrogens with one attached hydrogen (secondary N) is 1. The highest BCUT2D eigenvalue weighted by molar-refractivity contribution is 6.05. The monoisotopic (exact) mass is 264 g/mol. The molecule has 1 aromatic rings. The Labute approximate surface area is 111 Å². The van der Waals surface area contributed by atoms with Crippen molar-refractivity contribution in [1.82, 2.24) is 0 Å². The largest absolute Gasteiger partial charge is 0.326 e. The minimum Gasteiger partial charge on any atom is -0.326 e. The molecule has 0 unspecified atom stereocenters. The molecular weight excluding hydrogens is 248 g/mol. The zero-order valence-electron chi connectivity index (χ0n) is 11.1. The minimum atomic E-state index is -0.563. The van der Waals surface area contributed by atoms with Crippen molar-refractivity contribution >= 4 is 23.1 Å². The van der Waals surface area contributed by atoms with E-state index >= 15 is 0 Å². The molecule has 1 amide bonds. The number of hydrogen-bond acceptors (Lipinski definition) is 4. The van der Waals surface area contributed by atoms with Crippen LogP contribution < -0.4 is 5.32 Å². The van der Waals surface area contributed by atoms with Crippen LogP contribution in [0.2, 0.25) is 0 Å². The second-order valence-electron chi connectivity index (χ2n) is 5.20. The van der Waals surface area contributed by atoms with Crippen LogP contribution in [0.3, 0.4) is 0 Å². The van der Waals surface area contributed by atoms with Crippen molar-refractivity contribution in [2.24, 2.45) is 5.41 Å². The van der Waals surface area contributed by atoms with Crippen LogP contribution >= 0.6 is 0 Å². The standard InChI is InChI=1S/C13H16N2O4/c1-13(2,3)11(16)8-12(17)14-9-4-6-10(7-5-9)15(18)19/h4-7H,8H2,1-3H3,(H,14,17). The second kappa shape index (κ2) is 5.60. The molecule has 0 atom stereocenters. The Bertz CT molecular complexity index is 500. The van der Waals surface area contributed by atoms with Gasteiger partial charge in [-0.2, -0.15) is 0 Å². The number of hydrogen-bond donors (Lipinski definition) is 1. The van der Waals surface area contributed by atoms with Crippen LogP contribution in [0.4, 0.5) is 11.4 Å². The fourth-order valence-electron chi connectivity index (χ4n) is 1.28. The average Bonchev–Trinajstić information content (AvgIpc) is 2.28. The number of benzene rings is 1. The molecule has 0 aromatic heterocycles. The van der Waals surface area contributed by atoms with Crippen LogP contribution in [0.5, 0.6) is 0 Å². The predicted molar refractivity (Wildman–Crippen MR) is 70.8 cm³/mol. The summed E-state index contributed by atoms with van der Waals surface area (Å²) < 4.78 is 0. The molecule has 0 heterocycles. The van der Waals surface area contributed by atoms with E-state index in [1.807, 2.05) is 0 Å². The number of anilines is 1. The lowest BCUT2D eigenvalue weighted by molar-refractivity contribution is -0.384. The van der Waals surface area contributed by atoms with Crippen molar-refractivity contribution in [2.45, 2.75) is 27.2 Å². The summed E-state index contributed by atoms with van der Waals surface area (Å²) in [5.41, 5.74) is -0.187. The highest BCUT2D eigenvalue weighted by Crippen LogP contribution is 2.18. The second-order valence-corrected chi connectivity index (χ2v) is 5.20. The van der Waals surface area contributed by atoms with E-state index < -0.39 is 16.2 Å². The van der Waals surface area contributed by atoms with E-state index in [1.165, 1.54) is 24.3 Å². The van der Waals surface area contributed by atoms with Gasteiger partial charge in [0, 0.05) is 23.2 Å². The zero-order valence-corrected chi connectivity index (χ0v) is 11.1. The van der Waals surface area contributed by atoms with Crippen LogP contribution in [0.15, 0.2) is 24.3 Å². The molecular formula is C13H16N2O4. The van der Waals surface area contributed by atoms with Gasteiger partial charge in [-0.15, -0.1) is 0 Å². The molecule has 0 aliphatic rings. The number of rotatable bonds is 4. The van der Waals surface area contributed by atoms with Crippen LogP contribution in [0, 0.1) is 15.5 Å². The van der Waals surface area contributed by atoms with Gasteiger partial charge in [0.05, 0.1) is 11.3 Å². The van der Waals surface area contributed by atoms with Gasteiger partial charge in [-0.3, -0.25) is 19.7 Å². The molecule has 1 aromatic carbocycles. The highest BCUT2D eigenvalue weighted by atomic mass is 16.6. The van der Waals surface area contributed by atoms with Gasteiger partial charge in [0.15, 0.2) is 0 Å². The number of nitrogens with zero attached hydrogens (tertiary/aromatic N) is 1. The van der Waals surface area contributed by atoms with Gasteiger partial charge < -0.3 is 5.32 Å². The van der Waals surface area contributed by atoms with Crippen molar-refractivity contribution in [3.8, 4) is 0 Å². The third-order valence-electron chi connectivity index (χ3n) is 2.52. The summed E-state index contributed by atoms with van der Waals surface area (Å²) in [4.78, 5) is 33.2. The summed E-state index contributed by atoms with van der Waals surface area (Å²) in [5.74, 6) is -0.583. The van der Waals surface area contributed by atoms with E-state index in [9.17, 15) is 19.7 Å². The van der Waals surface area contributed by atoms with Gasteiger partial charge in [0.2, 0.25) is 5.91 Å². The van der Waals surface area contributed by atoms with E-state index in [-0.39, 0.29) is 17.9 Å². The van der Waals surface area contributed by atoms with Crippen molar-refractivity contribution < 1.29 is 14.5 Å². The first-order chi connectivity index (χ1) is 8.70. The average molecular weight is 264 g/mol. The molecule has 1 rings (SSSR count). The molecule has 6 nitrogen and oxygen atoms in total. The van der Waals surface area contributed by atoms with E-state index in [2.05, 4.69) is 5.32 Å². The molecule has 0 saturated carbocycles. The number of carbonyl (C=O) groups excluding carboxylic acids is 2. The maximum Gasteiger partial charge on any atom is 0.269 e. The Morgan fingerprint density at radius 1 is 1.21 bits per heavy atom. The van der Waals surface area contributed by atoms with Gasteiger partial charge in [-0.05, 0) is 12.1 Å². The lowest BCUT2D eigenvalue weighted by Crippen LogP contribution is -2.26. The number of Topliss-reactive ketones (excluding diaryl/α,β-unsaturated/α-hetero) is 1. The third-order valence-corrected chi connectivity index (χ3v) is 2.52. The van der Waals surface area contributed by atoms with Gasteiger partial charge >= 0.3 is 0 Å². The summed E-state index contributed by atoms with van der Waals surface area (Å²) in [5, 5.41) is 13.0. The molecule has 102 valence electrons. The molecule has 6 heteroatoms. The first-order valence-corrected chi connectivity index (χ1v) is 5.78. The molecule has 0 aliphatic heterocycles. The summed E-state index contributed by atoms with van der Waals surface area (Å²) in [7, 11) is 0. The molecule has 0 radical (unpaired) electrons. The van der Waals surface area contributed by atoms with Crippen LogP contribution in [-0.2, 0) is 9.59 Å². The zero-order chi connectivity index (χ0) is 14.6. The Kier molecular flexibility index (Phi) is 4.37. The number of ketones is 1. The van der Waals surface area contributed by atoms with Gasteiger partial charge in [-0.1, -0.05) is 20.8 Å². The van der Waals surface area contributed by atoms with Crippen molar-refractivity contribution in [3.05, 3.63) is 34.4 Å². The number of amides is 1. The topological polar surface area (TPSA) is 89.3 Å². The SMILES string of the molecule is CC(C)(C)C(=O)CC(=O)Nc1ccc([N+](=O)[O-])cc1. The Morgan fingerprint density at radius 2 is 1.74 bits per heavy atom. The quantitative estimate of drug-likeness (QED) is 0.514. The Hall–Kier alpha value is -2.24. The van der Waals surface area contributed by atoms with E-state index in [4.69, 9.17) is 0 Å². The number of non-ortho nitro benzene ring substituents is 1. The fraction of sp³-hybridized carbons (Fsp3) is 0.385. The third kappa shape index (κ3) is 4.50. The maximum absolute atomic E-state index is 11.7. The Balaban J connectivity index is 2.63. The summed E-state index contributed by atoms with van der Waals surface area (Å²) in [6.07, 6.45) is -0.208. The first-order valence-electron chi connectivity index (χ1n) is 5.78. The molecule has 19 heavy (non-hydrogen) atoms. The van der Waals surface area contributed by atoms with Crippen molar-refractivity contribution in [1.29, 1.82) is 0 Å². The molecule has 0 aliphatic carbocycles. The van der Waals surface area contributed by atoms with Crippen LogP contribution in [0.25, 0.3) is 0 Å². The molecule has 0 bridgehead atoms. The summed E-state index contributed by atoms with van der Waals surface area (Å²) >= 11 is 0.